The molecule has 15 heavy (non-hydrogen) atoms. The lowest BCUT2D eigenvalue weighted by Crippen LogP contribution is -2.41. The molecule has 1 amide bonds. The molecule has 1 fully saturated rings. The molecule has 1 aliphatic rings. The molecule has 86 valence electrons. The van der Waals surface area contributed by atoms with Gasteiger partial charge in [-0.15, -0.1) is 0 Å². The van der Waals surface area contributed by atoms with E-state index in [1.54, 1.807) is 7.11 Å². The predicted octanol–water partition coefficient (Wildman–Crippen LogP) is 0.247. The standard InChI is InChI=1S/C10H17NO4/c1-5(6(2)15-3)11-9(12)7-4-8(7)10(13)14/h5-8H,4H2,1-3H3,(H,11,12)(H,13,14)/t5-,6?,7?,8?/m0/s1. The fourth-order valence-corrected chi connectivity index (χ4v) is 1.41. The maximum atomic E-state index is 11.5. The third kappa shape index (κ3) is 2.92. The van der Waals surface area contributed by atoms with E-state index in [9.17, 15) is 9.59 Å². The van der Waals surface area contributed by atoms with E-state index in [2.05, 4.69) is 5.32 Å². The average molecular weight is 215 g/mol. The van der Waals surface area contributed by atoms with Crippen LogP contribution in [0.2, 0.25) is 0 Å². The summed E-state index contributed by atoms with van der Waals surface area (Å²) in [6.45, 7) is 3.69. The second-order valence-corrected chi connectivity index (χ2v) is 4.03. The number of carboxylic acids is 1. The van der Waals surface area contributed by atoms with Crippen molar-refractivity contribution in [3.8, 4) is 0 Å². The Morgan fingerprint density at radius 2 is 2.00 bits per heavy atom. The van der Waals surface area contributed by atoms with Crippen LogP contribution in [0.5, 0.6) is 0 Å². The highest BCUT2D eigenvalue weighted by atomic mass is 16.5. The molecule has 1 aliphatic carbocycles. The number of aliphatic carboxylic acids is 1. The highest BCUT2D eigenvalue weighted by molar-refractivity contribution is 5.89. The molecule has 0 aromatic rings. The third-order valence-corrected chi connectivity index (χ3v) is 2.89. The molecular weight excluding hydrogens is 198 g/mol. The van der Waals surface area contributed by atoms with E-state index >= 15 is 0 Å². The average Bonchev–Trinajstić information content (AvgIpc) is 2.95. The molecule has 0 aliphatic heterocycles. The van der Waals surface area contributed by atoms with Crippen molar-refractivity contribution in [1.82, 2.24) is 5.32 Å². The number of carbonyl (C=O) groups is 2. The fourth-order valence-electron chi connectivity index (χ4n) is 1.41. The van der Waals surface area contributed by atoms with Gasteiger partial charge >= 0.3 is 5.97 Å². The highest BCUT2D eigenvalue weighted by Gasteiger charge is 2.48. The van der Waals surface area contributed by atoms with Crippen LogP contribution < -0.4 is 5.32 Å². The highest BCUT2D eigenvalue weighted by Crippen LogP contribution is 2.38. The van der Waals surface area contributed by atoms with Crippen molar-refractivity contribution in [2.75, 3.05) is 7.11 Å². The largest absolute Gasteiger partial charge is 0.481 e. The van der Waals surface area contributed by atoms with E-state index in [0.29, 0.717) is 6.42 Å². The summed E-state index contributed by atoms with van der Waals surface area (Å²) >= 11 is 0. The number of rotatable bonds is 5. The van der Waals surface area contributed by atoms with Crippen LogP contribution >= 0.6 is 0 Å². The fraction of sp³-hybridized carbons (Fsp3) is 0.800. The molecule has 0 heterocycles. The van der Waals surface area contributed by atoms with E-state index < -0.39 is 11.9 Å². The quantitative estimate of drug-likeness (QED) is 0.689. The SMILES string of the molecule is COC(C)[C@H](C)NC(=O)C1CC1C(=O)O. The Morgan fingerprint density at radius 1 is 1.40 bits per heavy atom. The minimum Gasteiger partial charge on any atom is -0.481 e. The topological polar surface area (TPSA) is 75.6 Å². The van der Waals surface area contributed by atoms with Gasteiger partial charge in [-0.25, -0.2) is 0 Å². The number of hydrogen-bond donors (Lipinski definition) is 2. The van der Waals surface area contributed by atoms with Gasteiger partial charge in [-0.05, 0) is 20.3 Å². The number of ether oxygens (including phenoxy) is 1. The molecule has 0 saturated heterocycles. The van der Waals surface area contributed by atoms with Gasteiger partial charge in [0.15, 0.2) is 0 Å². The summed E-state index contributed by atoms with van der Waals surface area (Å²) < 4.78 is 5.06. The molecule has 2 N–H and O–H groups in total. The van der Waals surface area contributed by atoms with Gasteiger partial charge in [-0.1, -0.05) is 0 Å². The van der Waals surface area contributed by atoms with Gasteiger partial charge in [0, 0.05) is 7.11 Å². The summed E-state index contributed by atoms with van der Waals surface area (Å²) in [4.78, 5) is 22.1. The van der Waals surface area contributed by atoms with Crippen LogP contribution in [0.25, 0.3) is 0 Å². The van der Waals surface area contributed by atoms with Gasteiger partial charge in [0.25, 0.3) is 0 Å². The molecule has 0 radical (unpaired) electrons. The van der Waals surface area contributed by atoms with Gasteiger partial charge in [0.05, 0.1) is 24.0 Å². The first-order chi connectivity index (χ1) is 6.97. The van der Waals surface area contributed by atoms with E-state index in [1.165, 1.54) is 0 Å². The summed E-state index contributed by atoms with van der Waals surface area (Å²) in [5.41, 5.74) is 0. The molecule has 3 unspecified atom stereocenters. The maximum Gasteiger partial charge on any atom is 0.307 e. The lowest BCUT2D eigenvalue weighted by atomic mass is 10.2. The monoisotopic (exact) mass is 215 g/mol. The van der Waals surface area contributed by atoms with Crippen molar-refractivity contribution in [3.63, 3.8) is 0 Å². The Kier molecular flexibility index (Phi) is 3.68. The summed E-state index contributed by atoms with van der Waals surface area (Å²) in [5.74, 6) is -1.91. The Labute approximate surface area is 88.8 Å². The normalized spacial score (nSPS) is 27.9. The Bertz CT molecular complexity index is 266. The van der Waals surface area contributed by atoms with Crippen molar-refractivity contribution in [3.05, 3.63) is 0 Å². The van der Waals surface area contributed by atoms with Crippen molar-refractivity contribution >= 4 is 11.9 Å². The first-order valence-corrected chi connectivity index (χ1v) is 5.03. The molecule has 0 bridgehead atoms. The summed E-state index contributed by atoms with van der Waals surface area (Å²) in [7, 11) is 1.57. The van der Waals surface area contributed by atoms with Gasteiger partial charge in [-0.3, -0.25) is 9.59 Å². The van der Waals surface area contributed by atoms with Gasteiger partial charge < -0.3 is 15.2 Å². The third-order valence-electron chi connectivity index (χ3n) is 2.89. The molecular formula is C10H17NO4. The zero-order valence-electron chi connectivity index (χ0n) is 9.19. The lowest BCUT2D eigenvalue weighted by Gasteiger charge is -2.19. The second kappa shape index (κ2) is 4.61. The van der Waals surface area contributed by atoms with Crippen molar-refractivity contribution in [2.45, 2.75) is 32.4 Å². The molecule has 1 saturated carbocycles. The van der Waals surface area contributed by atoms with Gasteiger partial charge in [0.1, 0.15) is 0 Å². The summed E-state index contributed by atoms with van der Waals surface area (Å²) in [6, 6.07) is -0.0995. The molecule has 4 atom stereocenters. The maximum absolute atomic E-state index is 11.5. The first-order valence-electron chi connectivity index (χ1n) is 5.03. The van der Waals surface area contributed by atoms with Crippen LogP contribution in [0.15, 0.2) is 0 Å². The Balaban J connectivity index is 2.35. The molecule has 5 nitrogen and oxygen atoms in total. The minimum absolute atomic E-state index is 0.0732. The zero-order valence-corrected chi connectivity index (χ0v) is 9.19. The molecule has 0 spiro atoms. The van der Waals surface area contributed by atoms with Crippen LogP contribution in [-0.2, 0) is 14.3 Å². The first kappa shape index (κ1) is 12.0. The smallest absolute Gasteiger partial charge is 0.307 e. The van der Waals surface area contributed by atoms with E-state index in [-0.39, 0.29) is 24.0 Å². The van der Waals surface area contributed by atoms with Crippen molar-refractivity contribution in [2.24, 2.45) is 11.8 Å². The minimum atomic E-state index is -0.886. The lowest BCUT2D eigenvalue weighted by molar-refractivity contribution is -0.140. The molecule has 0 aromatic carbocycles. The molecule has 1 rings (SSSR count). The molecule has 5 heteroatoms. The van der Waals surface area contributed by atoms with Gasteiger partial charge in [0.2, 0.25) is 5.91 Å². The Morgan fingerprint density at radius 3 is 2.40 bits per heavy atom. The van der Waals surface area contributed by atoms with Crippen LogP contribution in [0.3, 0.4) is 0 Å². The Hall–Kier alpha value is -1.10. The van der Waals surface area contributed by atoms with Crippen LogP contribution in [0.1, 0.15) is 20.3 Å². The number of methoxy groups -OCH3 is 1. The number of hydrogen-bond acceptors (Lipinski definition) is 3. The van der Waals surface area contributed by atoms with Crippen LogP contribution in [-0.4, -0.2) is 36.2 Å². The number of amides is 1. The van der Waals surface area contributed by atoms with Crippen molar-refractivity contribution < 1.29 is 19.4 Å². The van der Waals surface area contributed by atoms with Crippen LogP contribution in [0, 0.1) is 11.8 Å². The van der Waals surface area contributed by atoms with E-state index in [1.807, 2.05) is 13.8 Å². The van der Waals surface area contributed by atoms with E-state index in [4.69, 9.17) is 9.84 Å². The zero-order chi connectivity index (χ0) is 11.6. The van der Waals surface area contributed by atoms with E-state index in [0.717, 1.165) is 0 Å². The summed E-state index contributed by atoms with van der Waals surface area (Å²) in [5, 5.41) is 11.4. The number of carboxylic acid groups (broad SMARTS) is 1. The number of carbonyl (C=O) groups excluding carboxylic acids is 1. The van der Waals surface area contributed by atoms with Crippen molar-refractivity contribution in [1.29, 1.82) is 0 Å². The van der Waals surface area contributed by atoms with Gasteiger partial charge in [-0.2, -0.15) is 0 Å². The number of nitrogens with one attached hydrogen (secondary N) is 1. The summed E-state index contributed by atoms with van der Waals surface area (Å²) in [6.07, 6.45) is 0.380. The molecule has 0 aromatic heterocycles. The predicted molar refractivity (Wildman–Crippen MR) is 53.3 cm³/mol. The van der Waals surface area contributed by atoms with Crippen LogP contribution in [0.4, 0.5) is 0 Å². The second-order valence-electron chi connectivity index (χ2n) is 4.03.